The molecule has 1 aromatic heterocycles. The average Bonchev–Trinajstić information content (AvgIpc) is 2.58. The quantitative estimate of drug-likeness (QED) is 0.874. The van der Waals surface area contributed by atoms with Gasteiger partial charge in [-0.2, -0.15) is 5.10 Å². The van der Waals surface area contributed by atoms with Gasteiger partial charge in [-0.1, -0.05) is 6.42 Å². The van der Waals surface area contributed by atoms with Crippen molar-refractivity contribution in [1.29, 1.82) is 0 Å². The van der Waals surface area contributed by atoms with Gasteiger partial charge in [0.15, 0.2) is 0 Å². The third kappa shape index (κ3) is 1.90. The van der Waals surface area contributed by atoms with Crippen molar-refractivity contribution in [2.45, 2.75) is 50.9 Å². The van der Waals surface area contributed by atoms with Gasteiger partial charge in [0, 0.05) is 19.1 Å². The minimum atomic E-state index is -0.836. The summed E-state index contributed by atoms with van der Waals surface area (Å²) >= 11 is 0. The molecular weight excluding hydrogens is 231 g/mol. The molecule has 1 unspecified atom stereocenters. The molecule has 5 heteroatoms. The lowest BCUT2D eigenvalue weighted by Crippen LogP contribution is -2.50. The van der Waals surface area contributed by atoms with E-state index in [2.05, 4.69) is 10.00 Å². The average molecular weight is 252 g/mol. The van der Waals surface area contributed by atoms with E-state index in [4.69, 9.17) is 5.73 Å². The van der Waals surface area contributed by atoms with Gasteiger partial charge in [0.05, 0.1) is 23.6 Å². The van der Waals surface area contributed by atoms with Crippen LogP contribution in [0.1, 0.15) is 37.4 Å². The number of nitrogen functional groups attached to an aromatic ring is 1. The van der Waals surface area contributed by atoms with E-state index in [1.165, 1.54) is 19.3 Å². The Morgan fingerprint density at radius 3 is 2.67 bits per heavy atom. The van der Waals surface area contributed by atoms with Crippen LogP contribution in [0, 0.1) is 6.92 Å². The number of aromatic nitrogens is 2. The van der Waals surface area contributed by atoms with Crippen LogP contribution in [-0.2, 0) is 0 Å². The molecule has 0 spiro atoms. The van der Waals surface area contributed by atoms with Crippen LogP contribution in [-0.4, -0.2) is 40.0 Å². The minimum absolute atomic E-state index is 0.140. The summed E-state index contributed by atoms with van der Waals surface area (Å²) in [7, 11) is 0. The van der Waals surface area contributed by atoms with Gasteiger partial charge in [0.2, 0.25) is 0 Å². The Bertz CT molecular complexity index is 427. The van der Waals surface area contributed by atoms with Crippen LogP contribution < -0.4 is 5.73 Å². The largest absolute Gasteiger partial charge is 0.396 e. The Labute approximate surface area is 107 Å². The molecule has 0 aromatic carbocycles. The molecule has 0 bridgehead atoms. The first-order valence-electron chi connectivity index (χ1n) is 6.84. The Morgan fingerprint density at radius 1 is 1.39 bits per heavy atom. The highest BCUT2D eigenvalue weighted by Crippen LogP contribution is 2.33. The Balaban J connectivity index is 1.70. The molecule has 18 heavy (non-hydrogen) atoms. The molecule has 1 aliphatic heterocycles. The van der Waals surface area contributed by atoms with E-state index in [0.717, 1.165) is 18.7 Å². The molecule has 2 heterocycles. The zero-order valence-electron chi connectivity index (χ0n) is 10.8. The molecule has 0 amide bonds. The minimum Gasteiger partial charge on any atom is -0.396 e. The molecule has 100 valence electrons. The van der Waals surface area contributed by atoms with Gasteiger partial charge >= 0.3 is 0 Å². The highest BCUT2D eigenvalue weighted by Gasteiger charge is 2.36. The number of rotatable bonds is 2. The zero-order chi connectivity index (χ0) is 12.7. The van der Waals surface area contributed by atoms with Crippen molar-refractivity contribution < 1.29 is 4.39 Å². The Kier molecular flexibility index (Phi) is 3.01. The van der Waals surface area contributed by atoms with Gasteiger partial charge in [-0.3, -0.25) is 9.58 Å². The zero-order valence-corrected chi connectivity index (χ0v) is 10.8. The smallest absolute Gasteiger partial charge is 0.135 e. The van der Waals surface area contributed by atoms with Crippen LogP contribution in [0.15, 0.2) is 6.20 Å². The standard InChI is InChI=1S/C13H21FN4/c1-9-12(15)7-16-18(9)13-5-6-17(8-11(13)14)10-3-2-4-10/h7,10-11,13H,2-6,8,15H2,1H3/t11?,13-/m0/s1. The first-order valence-corrected chi connectivity index (χ1v) is 6.84. The molecule has 2 aliphatic rings. The summed E-state index contributed by atoms with van der Waals surface area (Å²) in [5, 5.41) is 4.23. The monoisotopic (exact) mass is 252 g/mol. The topological polar surface area (TPSA) is 47.1 Å². The van der Waals surface area contributed by atoms with E-state index >= 15 is 0 Å². The molecule has 2 atom stereocenters. The molecule has 3 rings (SSSR count). The summed E-state index contributed by atoms with van der Waals surface area (Å²) in [6.45, 7) is 3.44. The number of anilines is 1. The van der Waals surface area contributed by atoms with Crippen molar-refractivity contribution >= 4 is 5.69 Å². The van der Waals surface area contributed by atoms with E-state index in [0.29, 0.717) is 18.3 Å². The fourth-order valence-corrected chi connectivity index (χ4v) is 3.05. The number of nitrogens with two attached hydrogens (primary N) is 1. The predicted molar refractivity (Wildman–Crippen MR) is 69.1 cm³/mol. The van der Waals surface area contributed by atoms with E-state index in [9.17, 15) is 4.39 Å². The van der Waals surface area contributed by atoms with Crippen LogP contribution >= 0.6 is 0 Å². The van der Waals surface area contributed by atoms with Gasteiger partial charge in [0.25, 0.3) is 0 Å². The lowest BCUT2D eigenvalue weighted by Gasteiger charge is -2.43. The molecule has 2 N–H and O–H groups in total. The maximum absolute atomic E-state index is 14.4. The second-order valence-electron chi connectivity index (χ2n) is 5.58. The summed E-state index contributed by atoms with van der Waals surface area (Å²) in [4.78, 5) is 2.31. The van der Waals surface area contributed by atoms with Crippen molar-refractivity contribution in [3.63, 3.8) is 0 Å². The molecule has 1 saturated carbocycles. The molecule has 2 fully saturated rings. The van der Waals surface area contributed by atoms with Crippen molar-refractivity contribution in [2.75, 3.05) is 18.8 Å². The summed E-state index contributed by atoms with van der Waals surface area (Å²) < 4.78 is 16.1. The fraction of sp³-hybridized carbons (Fsp3) is 0.769. The van der Waals surface area contributed by atoms with E-state index in [-0.39, 0.29) is 6.04 Å². The van der Waals surface area contributed by atoms with Crippen molar-refractivity contribution in [2.24, 2.45) is 0 Å². The second-order valence-corrected chi connectivity index (χ2v) is 5.58. The SMILES string of the molecule is Cc1c(N)cnn1[C@H]1CCN(C2CCC2)CC1F. The van der Waals surface area contributed by atoms with E-state index in [1.54, 1.807) is 10.9 Å². The summed E-state index contributed by atoms with van der Waals surface area (Å²) in [5.41, 5.74) is 7.33. The molecule has 4 nitrogen and oxygen atoms in total. The van der Waals surface area contributed by atoms with Gasteiger partial charge < -0.3 is 5.73 Å². The molecule has 0 radical (unpaired) electrons. The fourth-order valence-electron chi connectivity index (χ4n) is 3.05. The van der Waals surface area contributed by atoms with Crippen LogP contribution in [0.25, 0.3) is 0 Å². The third-order valence-electron chi connectivity index (χ3n) is 4.53. The summed E-state index contributed by atoms with van der Waals surface area (Å²) in [6, 6.07) is 0.492. The van der Waals surface area contributed by atoms with Crippen LogP contribution in [0.4, 0.5) is 10.1 Å². The van der Waals surface area contributed by atoms with E-state index < -0.39 is 6.17 Å². The summed E-state index contributed by atoms with van der Waals surface area (Å²) in [6.07, 6.45) is 5.41. The number of piperidine rings is 1. The number of alkyl halides is 1. The number of nitrogens with zero attached hydrogens (tertiary/aromatic N) is 3. The van der Waals surface area contributed by atoms with Gasteiger partial charge in [0.1, 0.15) is 6.17 Å². The van der Waals surface area contributed by atoms with Gasteiger partial charge in [-0.15, -0.1) is 0 Å². The lowest BCUT2D eigenvalue weighted by molar-refractivity contribution is 0.0296. The number of hydrogen-bond acceptors (Lipinski definition) is 3. The second kappa shape index (κ2) is 4.53. The summed E-state index contributed by atoms with van der Waals surface area (Å²) in [5.74, 6) is 0. The van der Waals surface area contributed by atoms with Gasteiger partial charge in [-0.05, 0) is 26.2 Å². The third-order valence-corrected chi connectivity index (χ3v) is 4.53. The normalized spacial score (nSPS) is 30.3. The lowest BCUT2D eigenvalue weighted by atomic mass is 9.89. The van der Waals surface area contributed by atoms with Crippen LogP contribution in [0.5, 0.6) is 0 Å². The number of likely N-dealkylation sites (tertiary alicyclic amines) is 1. The van der Waals surface area contributed by atoms with E-state index in [1.807, 2.05) is 6.92 Å². The molecule has 1 aromatic rings. The first-order chi connectivity index (χ1) is 8.66. The highest BCUT2D eigenvalue weighted by atomic mass is 19.1. The molecule has 1 saturated heterocycles. The number of hydrogen-bond donors (Lipinski definition) is 1. The van der Waals surface area contributed by atoms with Crippen molar-refractivity contribution in [1.82, 2.24) is 14.7 Å². The number of halogens is 1. The van der Waals surface area contributed by atoms with Crippen LogP contribution in [0.2, 0.25) is 0 Å². The first kappa shape index (κ1) is 12.0. The maximum atomic E-state index is 14.4. The highest BCUT2D eigenvalue weighted by molar-refractivity contribution is 5.40. The van der Waals surface area contributed by atoms with Crippen LogP contribution in [0.3, 0.4) is 0 Å². The van der Waals surface area contributed by atoms with Crippen molar-refractivity contribution in [3.8, 4) is 0 Å². The molecule has 1 aliphatic carbocycles. The molecular formula is C13H21FN4. The van der Waals surface area contributed by atoms with Crippen molar-refractivity contribution in [3.05, 3.63) is 11.9 Å². The Morgan fingerprint density at radius 2 is 2.17 bits per heavy atom. The predicted octanol–water partition coefficient (Wildman–Crippen LogP) is 1.91. The Hall–Kier alpha value is -1.10. The van der Waals surface area contributed by atoms with Gasteiger partial charge in [-0.25, -0.2) is 4.39 Å². The maximum Gasteiger partial charge on any atom is 0.135 e.